The van der Waals surface area contributed by atoms with Gasteiger partial charge in [-0.15, -0.1) is 0 Å². The Balaban J connectivity index is 1.87. The predicted octanol–water partition coefficient (Wildman–Crippen LogP) is 3.36. The number of rotatable bonds is 2. The number of anilines is 1. The molecule has 1 fully saturated rings. The number of carbonyl (C=O) groups excluding carboxylic acids is 1. The molecule has 96 valence electrons. The van der Waals surface area contributed by atoms with Crippen LogP contribution >= 0.6 is 0 Å². The zero-order valence-corrected chi connectivity index (χ0v) is 10.7. The van der Waals surface area contributed by atoms with Gasteiger partial charge in [-0.25, -0.2) is 9.78 Å². The van der Waals surface area contributed by atoms with Gasteiger partial charge in [-0.2, -0.15) is 0 Å². The van der Waals surface area contributed by atoms with Crippen LogP contribution in [0.25, 0.3) is 0 Å². The summed E-state index contributed by atoms with van der Waals surface area (Å²) < 4.78 is 0. The summed E-state index contributed by atoms with van der Waals surface area (Å²) in [6, 6.07) is 3.54. The number of urea groups is 1. The van der Waals surface area contributed by atoms with Crippen molar-refractivity contribution in [3.63, 3.8) is 0 Å². The van der Waals surface area contributed by atoms with Crippen LogP contribution in [0.5, 0.6) is 0 Å². The van der Waals surface area contributed by atoms with Gasteiger partial charge in [0.25, 0.3) is 0 Å². The van der Waals surface area contributed by atoms with E-state index in [4.69, 9.17) is 0 Å². The number of nitrogens with zero attached hydrogens (tertiary/aromatic N) is 1. The average Bonchev–Trinajstić information content (AvgIpc) is 2.40. The number of amides is 2. The Morgan fingerprint density at radius 3 is 2.83 bits per heavy atom. The van der Waals surface area contributed by atoms with E-state index in [9.17, 15) is 4.79 Å². The number of carbonyl (C=O) groups is 1. The topological polar surface area (TPSA) is 54.0 Å². The molecule has 0 aliphatic heterocycles. The number of aryl methyl sites for hydroxylation is 1. The van der Waals surface area contributed by atoms with Gasteiger partial charge < -0.3 is 5.32 Å². The van der Waals surface area contributed by atoms with Crippen LogP contribution in [-0.4, -0.2) is 11.0 Å². The second-order valence-electron chi connectivity index (χ2n) is 4.63. The van der Waals surface area contributed by atoms with Gasteiger partial charge in [-0.05, 0) is 44.2 Å². The molecule has 0 aromatic carbocycles. The standard InChI is InChI=1S/C14H19N3O/c1-11-6-5-9-15-13(11)17-14(18)16-10-12-7-3-2-4-8-12/h5-6,9-10H,2-4,7-8H2,1H3,(H2,15,16,17,18). The number of aromatic nitrogens is 1. The lowest BCUT2D eigenvalue weighted by molar-refractivity contribution is 0.255. The van der Waals surface area contributed by atoms with Crippen molar-refractivity contribution in [1.29, 1.82) is 0 Å². The Morgan fingerprint density at radius 2 is 2.11 bits per heavy atom. The van der Waals surface area contributed by atoms with E-state index in [1.807, 2.05) is 25.3 Å². The summed E-state index contributed by atoms with van der Waals surface area (Å²) in [4.78, 5) is 15.8. The summed E-state index contributed by atoms with van der Waals surface area (Å²) in [5.41, 5.74) is 2.28. The molecular formula is C14H19N3O. The Morgan fingerprint density at radius 1 is 1.33 bits per heavy atom. The molecule has 0 atom stereocenters. The Labute approximate surface area is 108 Å². The average molecular weight is 245 g/mol. The van der Waals surface area contributed by atoms with E-state index >= 15 is 0 Å². The minimum atomic E-state index is -0.227. The number of pyridine rings is 1. The summed E-state index contributed by atoms with van der Waals surface area (Å²) in [5.74, 6) is 0.608. The number of allylic oxidation sites excluding steroid dienone is 1. The van der Waals surface area contributed by atoms with E-state index in [1.165, 1.54) is 24.8 Å². The summed E-state index contributed by atoms with van der Waals surface area (Å²) in [6.45, 7) is 1.92. The van der Waals surface area contributed by atoms with E-state index < -0.39 is 0 Å². The molecule has 2 amide bonds. The second-order valence-corrected chi connectivity index (χ2v) is 4.63. The smallest absolute Gasteiger partial charge is 0.314 e. The van der Waals surface area contributed by atoms with Crippen LogP contribution in [-0.2, 0) is 0 Å². The second kappa shape index (κ2) is 6.19. The third-order valence-corrected chi connectivity index (χ3v) is 3.14. The lowest BCUT2D eigenvalue weighted by Gasteiger charge is -2.13. The fourth-order valence-electron chi connectivity index (χ4n) is 2.08. The van der Waals surface area contributed by atoms with Crippen LogP contribution in [0.2, 0.25) is 0 Å². The van der Waals surface area contributed by atoms with Crippen LogP contribution in [0.4, 0.5) is 10.6 Å². The highest BCUT2D eigenvalue weighted by atomic mass is 16.2. The van der Waals surface area contributed by atoms with Crippen molar-refractivity contribution < 1.29 is 4.79 Å². The molecule has 0 unspecified atom stereocenters. The first kappa shape index (κ1) is 12.6. The quantitative estimate of drug-likeness (QED) is 0.839. The van der Waals surface area contributed by atoms with Crippen molar-refractivity contribution in [2.75, 3.05) is 5.32 Å². The molecule has 0 saturated heterocycles. The van der Waals surface area contributed by atoms with Gasteiger partial charge in [0.2, 0.25) is 0 Å². The van der Waals surface area contributed by atoms with Gasteiger partial charge in [0, 0.05) is 12.4 Å². The fraction of sp³-hybridized carbons (Fsp3) is 0.429. The maximum atomic E-state index is 11.7. The Hall–Kier alpha value is -1.84. The monoisotopic (exact) mass is 245 g/mol. The number of nitrogens with one attached hydrogen (secondary N) is 2. The molecule has 1 heterocycles. The van der Waals surface area contributed by atoms with Crippen LogP contribution in [0.3, 0.4) is 0 Å². The molecule has 1 saturated carbocycles. The molecule has 1 aliphatic rings. The van der Waals surface area contributed by atoms with Crippen molar-refractivity contribution in [2.24, 2.45) is 0 Å². The molecule has 2 rings (SSSR count). The minimum absolute atomic E-state index is 0.227. The molecule has 1 aliphatic carbocycles. The normalized spacial score (nSPS) is 15.1. The van der Waals surface area contributed by atoms with Crippen LogP contribution in [0, 0.1) is 6.92 Å². The van der Waals surface area contributed by atoms with Crippen molar-refractivity contribution in [1.82, 2.24) is 10.3 Å². The molecule has 18 heavy (non-hydrogen) atoms. The van der Waals surface area contributed by atoms with Crippen molar-refractivity contribution in [3.8, 4) is 0 Å². The van der Waals surface area contributed by atoms with E-state index in [2.05, 4.69) is 15.6 Å². The first-order chi connectivity index (χ1) is 8.75. The Bertz CT molecular complexity index is 446. The SMILES string of the molecule is Cc1cccnc1NC(=O)NC=C1CCCCC1. The van der Waals surface area contributed by atoms with Gasteiger partial charge in [0.15, 0.2) is 0 Å². The third kappa shape index (κ3) is 3.58. The largest absolute Gasteiger partial charge is 0.324 e. The highest BCUT2D eigenvalue weighted by molar-refractivity contribution is 5.89. The van der Waals surface area contributed by atoms with Gasteiger partial charge in [-0.1, -0.05) is 18.1 Å². The molecule has 4 heteroatoms. The molecule has 0 radical (unpaired) electrons. The number of hydrogen-bond donors (Lipinski definition) is 2. The lowest BCUT2D eigenvalue weighted by Crippen LogP contribution is -2.25. The zero-order chi connectivity index (χ0) is 12.8. The molecule has 4 nitrogen and oxygen atoms in total. The number of hydrogen-bond acceptors (Lipinski definition) is 2. The van der Waals surface area contributed by atoms with Gasteiger partial charge >= 0.3 is 6.03 Å². The summed E-state index contributed by atoms with van der Waals surface area (Å²) in [6.07, 6.45) is 9.47. The Kier molecular flexibility index (Phi) is 4.34. The third-order valence-electron chi connectivity index (χ3n) is 3.14. The summed E-state index contributed by atoms with van der Waals surface area (Å²) >= 11 is 0. The van der Waals surface area contributed by atoms with Crippen LogP contribution in [0.15, 0.2) is 30.1 Å². The van der Waals surface area contributed by atoms with E-state index in [0.717, 1.165) is 18.4 Å². The first-order valence-corrected chi connectivity index (χ1v) is 6.43. The van der Waals surface area contributed by atoms with E-state index in [-0.39, 0.29) is 6.03 Å². The maximum Gasteiger partial charge on any atom is 0.324 e. The molecule has 2 N–H and O–H groups in total. The van der Waals surface area contributed by atoms with Crippen LogP contribution < -0.4 is 10.6 Å². The van der Waals surface area contributed by atoms with E-state index in [1.54, 1.807) is 6.20 Å². The highest BCUT2D eigenvalue weighted by Gasteiger charge is 2.07. The highest BCUT2D eigenvalue weighted by Crippen LogP contribution is 2.21. The summed E-state index contributed by atoms with van der Waals surface area (Å²) in [7, 11) is 0. The zero-order valence-electron chi connectivity index (χ0n) is 10.7. The van der Waals surface area contributed by atoms with E-state index in [0.29, 0.717) is 5.82 Å². The molecular weight excluding hydrogens is 226 g/mol. The van der Waals surface area contributed by atoms with Crippen molar-refractivity contribution >= 4 is 11.8 Å². The van der Waals surface area contributed by atoms with Gasteiger partial charge in [0.05, 0.1) is 0 Å². The predicted molar refractivity (Wildman–Crippen MR) is 72.3 cm³/mol. The molecule has 1 aromatic rings. The summed E-state index contributed by atoms with van der Waals surface area (Å²) in [5, 5.41) is 5.52. The lowest BCUT2D eigenvalue weighted by atomic mass is 9.96. The minimum Gasteiger partial charge on any atom is -0.314 e. The molecule has 1 aromatic heterocycles. The van der Waals surface area contributed by atoms with Gasteiger partial charge in [-0.3, -0.25) is 5.32 Å². The molecule has 0 spiro atoms. The molecule has 0 bridgehead atoms. The van der Waals surface area contributed by atoms with Crippen molar-refractivity contribution in [2.45, 2.75) is 39.0 Å². The fourth-order valence-corrected chi connectivity index (χ4v) is 2.08. The maximum absolute atomic E-state index is 11.7. The van der Waals surface area contributed by atoms with Crippen LogP contribution in [0.1, 0.15) is 37.7 Å². The van der Waals surface area contributed by atoms with Crippen molar-refractivity contribution in [3.05, 3.63) is 35.7 Å². The van der Waals surface area contributed by atoms with Gasteiger partial charge in [0.1, 0.15) is 5.82 Å². The first-order valence-electron chi connectivity index (χ1n) is 6.43.